The minimum absolute atomic E-state index is 0.0490. The smallest absolute Gasteiger partial charge is 0.241 e. The molecule has 0 saturated heterocycles. The number of carbonyl (C=O) groups excluding carboxylic acids is 1. The molecule has 2 rings (SSSR count). The van der Waals surface area contributed by atoms with Crippen LogP contribution in [-0.2, 0) is 4.79 Å². The van der Waals surface area contributed by atoms with Gasteiger partial charge < -0.3 is 16.2 Å². The minimum Gasteiger partial charge on any atom is -0.397 e. The quantitative estimate of drug-likeness (QED) is 0.699. The predicted molar refractivity (Wildman–Crippen MR) is 80.8 cm³/mol. The highest BCUT2D eigenvalue weighted by molar-refractivity contribution is 6.31. The highest BCUT2D eigenvalue weighted by atomic mass is 35.5. The number of anilines is 2. The van der Waals surface area contributed by atoms with Gasteiger partial charge in [-0.2, -0.15) is 0 Å². The van der Waals surface area contributed by atoms with Gasteiger partial charge in [-0.1, -0.05) is 11.6 Å². The number of halogens is 1. The summed E-state index contributed by atoms with van der Waals surface area (Å²) in [5.74, 6) is -0.140. The first-order valence-corrected chi connectivity index (χ1v) is 7.13. The van der Waals surface area contributed by atoms with Gasteiger partial charge in [0.25, 0.3) is 0 Å². The van der Waals surface area contributed by atoms with E-state index in [9.17, 15) is 4.79 Å². The van der Waals surface area contributed by atoms with E-state index in [2.05, 4.69) is 5.32 Å². The van der Waals surface area contributed by atoms with Crippen molar-refractivity contribution in [1.29, 1.82) is 0 Å². The number of nitrogen functional groups attached to an aromatic ring is 1. The van der Waals surface area contributed by atoms with E-state index < -0.39 is 0 Å². The lowest BCUT2D eigenvalue weighted by Gasteiger charge is -2.27. The van der Waals surface area contributed by atoms with Crippen LogP contribution in [0.15, 0.2) is 18.2 Å². The molecule has 0 radical (unpaired) electrons. The summed E-state index contributed by atoms with van der Waals surface area (Å²) in [7, 11) is 0. The van der Waals surface area contributed by atoms with E-state index in [1.54, 1.807) is 18.2 Å². The third-order valence-electron chi connectivity index (χ3n) is 3.52. The van der Waals surface area contributed by atoms with Crippen molar-refractivity contribution >= 4 is 28.9 Å². The Morgan fingerprint density at radius 1 is 1.60 bits per heavy atom. The first kappa shape index (κ1) is 15.1. The van der Waals surface area contributed by atoms with Gasteiger partial charge in [0.2, 0.25) is 5.91 Å². The van der Waals surface area contributed by atoms with E-state index in [1.807, 2.05) is 11.8 Å². The van der Waals surface area contributed by atoms with Crippen molar-refractivity contribution in [2.24, 2.45) is 0 Å². The summed E-state index contributed by atoms with van der Waals surface area (Å²) in [5, 5.41) is 12.4. The minimum atomic E-state index is -0.312. The SMILES string of the molecule is CC(C(=O)Nc1cc(Cl)ccc1N)N(CCO)C1CC1. The van der Waals surface area contributed by atoms with Crippen LogP contribution in [-0.4, -0.2) is 41.1 Å². The maximum absolute atomic E-state index is 12.3. The molecule has 1 atom stereocenters. The summed E-state index contributed by atoms with van der Waals surface area (Å²) >= 11 is 5.90. The van der Waals surface area contributed by atoms with Crippen LogP contribution in [0.2, 0.25) is 5.02 Å². The third kappa shape index (κ3) is 3.62. The van der Waals surface area contributed by atoms with Crippen LogP contribution < -0.4 is 11.1 Å². The molecule has 4 N–H and O–H groups in total. The molecule has 20 heavy (non-hydrogen) atoms. The fourth-order valence-electron chi connectivity index (χ4n) is 2.24. The lowest BCUT2D eigenvalue weighted by atomic mass is 10.2. The first-order valence-electron chi connectivity index (χ1n) is 6.75. The summed E-state index contributed by atoms with van der Waals surface area (Å²) in [6.45, 7) is 2.39. The second-order valence-corrected chi connectivity index (χ2v) is 5.53. The molecule has 0 aromatic heterocycles. The summed E-state index contributed by atoms with van der Waals surface area (Å²) < 4.78 is 0. The van der Waals surface area contributed by atoms with Crippen molar-refractivity contribution in [1.82, 2.24) is 4.90 Å². The second-order valence-electron chi connectivity index (χ2n) is 5.09. The maximum atomic E-state index is 12.3. The Balaban J connectivity index is 2.04. The number of nitrogens with one attached hydrogen (secondary N) is 1. The van der Waals surface area contributed by atoms with Gasteiger partial charge in [-0.05, 0) is 38.0 Å². The van der Waals surface area contributed by atoms with Crippen LogP contribution in [0.25, 0.3) is 0 Å². The number of rotatable bonds is 6. The van der Waals surface area contributed by atoms with Crippen LogP contribution in [0.4, 0.5) is 11.4 Å². The highest BCUT2D eigenvalue weighted by Gasteiger charge is 2.34. The van der Waals surface area contributed by atoms with E-state index in [-0.39, 0.29) is 18.6 Å². The molecule has 6 heteroatoms. The van der Waals surface area contributed by atoms with E-state index in [1.165, 1.54) is 0 Å². The number of hydrogen-bond donors (Lipinski definition) is 3. The van der Waals surface area contributed by atoms with Gasteiger partial charge in [0.1, 0.15) is 0 Å². The zero-order chi connectivity index (χ0) is 14.7. The summed E-state index contributed by atoms with van der Waals surface area (Å²) in [5.41, 5.74) is 6.82. The molecule has 1 unspecified atom stereocenters. The Bertz CT molecular complexity index is 491. The molecule has 0 heterocycles. The lowest BCUT2D eigenvalue weighted by Crippen LogP contribution is -2.44. The van der Waals surface area contributed by atoms with Crippen molar-refractivity contribution in [3.8, 4) is 0 Å². The number of carbonyl (C=O) groups is 1. The topological polar surface area (TPSA) is 78.6 Å². The zero-order valence-electron chi connectivity index (χ0n) is 11.5. The molecule has 1 amide bonds. The highest BCUT2D eigenvalue weighted by Crippen LogP contribution is 2.29. The van der Waals surface area contributed by atoms with Gasteiger partial charge in [0.15, 0.2) is 0 Å². The maximum Gasteiger partial charge on any atom is 0.241 e. The number of hydrogen-bond acceptors (Lipinski definition) is 4. The average molecular weight is 298 g/mol. The normalized spacial score (nSPS) is 16.2. The van der Waals surface area contributed by atoms with E-state index >= 15 is 0 Å². The standard InChI is InChI=1S/C14H20ClN3O2/c1-9(18(6-7-19)11-3-4-11)14(20)17-13-8-10(15)2-5-12(13)16/h2,5,8-9,11,19H,3-4,6-7,16H2,1H3,(H,17,20). The molecule has 110 valence electrons. The molecule has 1 fully saturated rings. The molecule has 0 aliphatic heterocycles. The molecule has 1 saturated carbocycles. The number of amides is 1. The monoisotopic (exact) mass is 297 g/mol. The third-order valence-corrected chi connectivity index (χ3v) is 3.76. The van der Waals surface area contributed by atoms with Crippen molar-refractivity contribution in [2.45, 2.75) is 31.8 Å². The van der Waals surface area contributed by atoms with Gasteiger partial charge in [-0.15, -0.1) is 0 Å². The Labute approximate surface area is 123 Å². The van der Waals surface area contributed by atoms with Gasteiger partial charge in [0.05, 0.1) is 24.0 Å². The van der Waals surface area contributed by atoms with Crippen LogP contribution in [0.1, 0.15) is 19.8 Å². The number of benzene rings is 1. The fourth-order valence-corrected chi connectivity index (χ4v) is 2.41. The second kappa shape index (κ2) is 6.43. The van der Waals surface area contributed by atoms with E-state index in [4.69, 9.17) is 22.4 Å². The van der Waals surface area contributed by atoms with Crippen molar-refractivity contribution < 1.29 is 9.90 Å². The molecule has 1 aliphatic rings. The average Bonchev–Trinajstić information content (AvgIpc) is 3.23. The first-order chi connectivity index (χ1) is 9.52. The zero-order valence-corrected chi connectivity index (χ0v) is 12.2. The number of nitrogens with zero attached hydrogens (tertiary/aromatic N) is 1. The van der Waals surface area contributed by atoms with Gasteiger partial charge in [0, 0.05) is 17.6 Å². The number of aliphatic hydroxyl groups excluding tert-OH is 1. The fraction of sp³-hybridized carbons (Fsp3) is 0.500. The van der Waals surface area contributed by atoms with Crippen LogP contribution in [0, 0.1) is 0 Å². The van der Waals surface area contributed by atoms with Gasteiger partial charge in [-0.3, -0.25) is 9.69 Å². The molecule has 1 aromatic rings. The molecule has 0 spiro atoms. The molecule has 5 nitrogen and oxygen atoms in total. The lowest BCUT2D eigenvalue weighted by molar-refractivity contribution is -0.121. The van der Waals surface area contributed by atoms with Crippen molar-refractivity contribution in [2.75, 3.05) is 24.2 Å². The van der Waals surface area contributed by atoms with E-state index in [0.717, 1.165) is 12.8 Å². The van der Waals surface area contributed by atoms with Crippen molar-refractivity contribution in [3.63, 3.8) is 0 Å². The molecule has 0 bridgehead atoms. The summed E-state index contributed by atoms with van der Waals surface area (Å²) in [4.78, 5) is 14.3. The number of aliphatic hydroxyl groups is 1. The molecular formula is C14H20ClN3O2. The molecule has 1 aromatic carbocycles. The van der Waals surface area contributed by atoms with Gasteiger partial charge in [-0.25, -0.2) is 0 Å². The molecule has 1 aliphatic carbocycles. The van der Waals surface area contributed by atoms with Crippen LogP contribution in [0.5, 0.6) is 0 Å². The summed E-state index contributed by atoms with van der Waals surface area (Å²) in [6.07, 6.45) is 2.16. The Kier molecular flexibility index (Phi) is 4.86. The van der Waals surface area contributed by atoms with E-state index in [0.29, 0.717) is 29.0 Å². The number of nitrogens with two attached hydrogens (primary N) is 1. The Hall–Kier alpha value is -1.30. The largest absolute Gasteiger partial charge is 0.397 e. The predicted octanol–water partition coefficient (Wildman–Crippen LogP) is 1.71. The van der Waals surface area contributed by atoms with Crippen molar-refractivity contribution in [3.05, 3.63) is 23.2 Å². The van der Waals surface area contributed by atoms with Gasteiger partial charge >= 0.3 is 0 Å². The summed E-state index contributed by atoms with van der Waals surface area (Å²) in [6, 6.07) is 5.06. The van der Waals surface area contributed by atoms with Crippen LogP contribution in [0.3, 0.4) is 0 Å². The Morgan fingerprint density at radius 3 is 2.90 bits per heavy atom. The van der Waals surface area contributed by atoms with Crippen LogP contribution >= 0.6 is 11.6 Å². The Morgan fingerprint density at radius 2 is 2.30 bits per heavy atom. The molecular weight excluding hydrogens is 278 g/mol.